The van der Waals surface area contributed by atoms with Crippen LogP contribution < -0.4 is 5.32 Å². The fraction of sp³-hybridized carbons (Fsp3) is 0.600. The van der Waals surface area contributed by atoms with Crippen LogP contribution in [-0.4, -0.2) is 31.1 Å². The van der Waals surface area contributed by atoms with Gasteiger partial charge in [0.2, 0.25) is 0 Å². The molecule has 1 aromatic carbocycles. The fourth-order valence-electron chi connectivity index (χ4n) is 2.88. The number of hydrogen-bond acceptors (Lipinski definition) is 2. The molecular weight excluding hydrogens is 208 g/mol. The largest absolute Gasteiger partial charge is 0.317 e. The van der Waals surface area contributed by atoms with E-state index in [9.17, 15) is 0 Å². The second-order valence-corrected chi connectivity index (χ2v) is 4.93. The molecule has 1 N–H and O–H groups in total. The molecule has 0 aromatic heterocycles. The summed E-state index contributed by atoms with van der Waals surface area (Å²) in [5.74, 6) is 0. The van der Waals surface area contributed by atoms with E-state index in [2.05, 4.69) is 54.5 Å². The average Bonchev–Trinajstić information content (AvgIpc) is 2.42. The monoisotopic (exact) mass is 232 g/mol. The minimum Gasteiger partial charge on any atom is -0.317 e. The van der Waals surface area contributed by atoms with Crippen LogP contribution in [0.2, 0.25) is 0 Å². The lowest BCUT2D eigenvalue weighted by Gasteiger charge is -2.37. The van der Waals surface area contributed by atoms with Crippen LogP contribution in [0.25, 0.3) is 0 Å². The molecule has 0 aliphatic carbocycles. The van der Waals surface area contributed by atoms with Gasteiger partial charge in [-0.25, -0.2) is 0 Å². The molecule has 1 atom stereocenters. The summed E-state index contributed by atoms with van der Waals surface area (Å²) >= 11 is 0. The molecule has 1 aromatic rings. The van der Waals surface area contributed by atoms with Gasteiger partial charge in [-0.05, 0) is 31.9 Å². The lowest BCUT2D eigenvalue weighted by Crippen LogP contribution is -2.42. The van der Waals surface area contributed by atoms with Crippen LogP contribution in [0.1, 0.15) is 37.8 Å². The molecule has 2 nitrogen and oxygen atoms in total. The molecule has 1 fully saturated rings. The van der Waals surface area contributed by atoms with Crippen LogP contribution >= 0.6 is 0 Å². The summed E-state index contributed by atoms with van der Waals surface area (Å²) in [5, 5.41) is 3.39. The first kappa shape index (κ1) is 12.6. The molecule has 17 heavy (non-hydrogen) atoms. The van der Waals surface area contributed by atoms with Crippen LogP contribution in [0.15, 0.2) is 30.3 Å². The Hall–Kier alpha value is -0.860. The van der Waals surface area contributed by atoms with Gasteiger partial charge in [0.15, 0.2) is 0 Å². The van der Waals surface area contributed by atoms with E-state index in [1.807, 2.05) is 0 Å². The van der Waals surface area contributed by atoms with Gasteiger partial charge in [0.25, 0.3) is 0 Å². The Kier molecular flexibility index (Phi) is 4.57. The number of piperidine rings is 1. The third-order valence-electron chi connectivity index (χ3n) is 3.95. The van der Waals surface area contributed by atoms with Gasteiger partial charge in [0.05, 0.1) is 0 Å². The van der Waals surface area contributed by atoms with Crippen molar-refractivity contribution < 1.29 is 0 Å². The van der Waals surface area contributed by atoms with Crippen molar-refractivity contribution in [2.75, 3.05) is 20.1 Å². The third kappa shape index (κ3) is 3.08. The van der Waals surface area contributed by atoms with Crippen molar-refractivity contribution in [2.24, 2.45) is 0 Å². The zero-order valence-electron chi connectivity index (χ0n) is 11.0. The lowest BCUT2D eigenvalue weighted by molar-refractivity contribution is 0.142. The smallest absolute Gasteiger partial charge is 0.0345 e. The quantitative estimate of drug-likeness (QED) is 0.858. The SMILES string of the molecule is CCC(c1ccccc1)N1CCC(NC)CC1. The highest BCUT2D eigenvalue weighted by molar-refractivity contribution is 5.19. The Morgan fingerprint density at radius 1 is 1.24 bits per heavy atom. The minimum absolute atomic E-state index is 0.606. The van der Waals surface area contributed by atoms with Gasteiger partial charge >= 0.3 is 0 Å². The first-order chi connectivity index (χ1) is 8.35. The lowest BCUT2D eigenvalue weighted by atomic mass is 9.98. The average molecular weight is 232 g/mol. The van der Waals surface area contributed by atoms with Gasteiger partial charge in [-0.1, -0.05) is 37.3 Å². The zero-order valence-corrected chi connectivity index (χ0v) is 11.0. The number of hydrogen-bond donors (Lipinski definition) is 1. The van der Waals surface area contributed by atoms with E-state index in [4.69, 9.17) is 0 Å². The molecule has 1 aliphatic heterocycles. The normalized spacial score (nSPS) is 20.4. The molecule has 2 rings (SSSR count). The second kappa shape index (κ2) is 6.18. The zero-order chi connectivity index (χ0) is 12.1. The fourth-order valence-corrected chi connectivity index (χ4v) is 2.88. The van der Waals surface area contributed by atoms with Gasteiger partial charge in [-0.15, -0.1) is 0 Å². The van der Waals surface area contributed by atoms with Crippen molar-refractivity contribution in [1.29, 1.82) is 0 Å². The maximum Gasteiger partial charge on any atom is 0.0345 e. The highest BCUT2D eigenvalue weighted by Gasteiger charge is 2.23. The highest BCUT2D eigenvalue weighted by atomic mass is 15.2. The van der Waals surface area contributed by atoms with Gasteiger partial charge in [0, 0.05) is 25.2 Å². The van der Waals surface area contributed by atoms with E-state index in [1.54, 1.807) is 0 Å². The number of nitrogens with one attached hydrogen (secondary N) is 1. The Bertz CT molecular complexity index is 315. The summed E-state index contributed by atoms with van der Waals surface area (Å²) in [5.41, 5.74) is 1.47. The molecule has 1 saturated heterocycles. The predicted octanol–water partition coefficient (Wildman–Crippen LogP) is 2.82. The summed E-state index contributed by atoms with van der Waals surface area (Å²) < 4.78 is 0. The van der Waals surface area contributed by atoms with E-state index < -0.39 is 0 Å². The molecule has 2 heteroatoms. The first-order valence-electron chi connectivity index (χ1n) is 6.81. The van der Waals surface area contributed by atoms with E-state index in [1.165, 1.54) is 37.9 Å². The van der Waals surface area contributed by atoms with E-state index in [0.29, 0.717) is 6.04 Å². The molecule has 1 heterocycles. The van der Waals surface area contributed by atoms with E-state index >= 15 is 0 Å². The molecule has 0 amide bonds. The standard InChI is InChI=1S/C15H24N2/c1-3-15(13-7-5-4-6-8-13)17-11-9-14(16-2)10-12-17/h4-8,14-16H,3,9-12H2,1-2H3. The Labute approximate surface area is 105 Å². The van der Waals surface area contributed by atoms with Crippen LogP contribution in [0.3, 0.4) is 0 Å². The Morgan fingerprint density at radius 3 is 2.41 bits per heavy atom. The second-order valence-electron chi connectivity index (χ2n) is 4.93. The van der Waals surface area contributed by atoms with Crippen molar-refractivity contribution >= 4 is 0 Å². The number of likely N-dealkylation sites (tertiary alicyclic amines) is 1. The summed E-state index contributed by atoms with van der Waals surface area (Å²) in [6.45, 7) is 4.74. The van der Waals surface area contributed by atoms with Crippen LogP contribution in [0.4, 0.5) is 0 Å². The third-order valence-corrected chi connectivity index (χ3v) is 3.95. The van der Waals surface area contributed by atoms with Crippen molar-refractivity contribution in [1.82, 2.24) is 10.2 Å². The molecule has 1 aliphatic rings. The van der Waals surface area contributed by atoms with Crippen molar-refractivity contribution in [3.63, 3.8) is 0 Å². The van der Waals surface area contributed by atoms with E-state index in [0.717, 1.165) is 6.04 Å². The highest BCUT2D eigenvalue weighted by Crippen LogP contribution is 2.27. The van der Waals surface area contributed by atoms with Gasteiger partial charge in [-0.3, -0.25) is 4.90 Å². The number of nitrogens with zero attached hydrogens (tertiary/aromatic N) is 1. The van der Waals surface area contributed by atoms with Crippen molar-refractivity contribution in [3.8, 4) is 0 Å². The summed E-state index contributed by atoms with van der Waals surface area (Å²) in [4.78, 5) is 2.64. The van der Waals surface area contributed by atoms with Gasteiger partial charge in [-0.2, -0.15) is 0 Å². The first-order valence-corrected chi connectivity index (χ1v) is 6.81. The van der Waals surface area contributed by atoms with Crippen LogP contribution in [0.5, 0.6) is 0 Å². The summed E-state index contributed by atoms with van der Waals surface area (Å²) in [7, 11) is 2.08. The van der Waals surface area contributed by atoms with Gasteiger partial charge in [0.1, 0.15) is 0 Å². The molecule has 0 saturated carbocycles. The molecule has 0 spiro atoms. The van der Waals surface area contributed by atoms with E-state index in [-0.39, 0.29) is 0 Å². The summed E-state index contributed by atoms with van der Waals surface area (Å²) in [6, 6.07) is 12.3. The number of rotatable bonds is 4. The van der Waals surface area contributed by atoms with Crippen LogP contribution in [-0.2, 0) is 0 Å². The molecular formula is C15H24N2. The molecule has 1 unspecified atom stereocenters. The molecule has 0 bridgehead atoms. The number of benzene rings is 1. The molecule has 94 valence electrons. The Morgan fingerprint density at radius 2 is 1.88 bits per heavy atom. The maximum atomic E-state index is 3.39. The summed E-state index contributed by atoms with van der Waals surface area (Å²) in [6.07, 6.45) is 3.76. The molecule has 0 radical (unpaired) electrons. The minimum atomic E-state index is 0.606. The van der Waals surface area contributed by atoms with Crippen molar-refractivity contribution in [3.05, 3.63) is 35.9 Å². The topological polar surface area (TPSA) is 15.3 Å². The van der Waals surface area contributed by atoms with Crippen molar-refractivity contribution in [2.45, 2.75) is 38.3 Å². The Balaban J connectivity index is 2.00. The van der Waals surface area contributed by atoms with Gasteiger partial charge < -0.3 is 5.32 Å². The predicted molar refractivity (Wildman–Crippen MR) is 73.1 cm³/mol. The van der Waals surface area contributed by atoms with Crippen LogP contribution in [0, 0.1) is 0 Å². The maximum absolute atomic E-state index is 3.39.